The lowest BCUT2D eigenvalue weighted by atomic mass is 10.0. The molecule has 1 aromatic carbocycles. The number of benzene rings is 1. The van der Waals surface area contributed by atoms with Crippen LogP contribution in [0.25, 0.3) is 10.9 Å². The van der Waals surface area contributed by atoms with E-state index in [1.54, 1.807) is 19.2 Å². The van der Waals surface area contributed by atoms with E-state index in [1.165, 1.54) is 10.9 Å². The number of fused-ring (bicyclic) bond motifs is 1. The minimum Gasteiger partial charge on any atom is -0.322 e. The van der Waals surface area contributed by atoms with E-state index in [-0.39, 0.29) is 17.2 Å². The molecule has 7 heteroatoms. The molecule has 0 unspecified atom stereocenters. The van der Waals surface area contributed by atoms with Crippen LogP contribution >= 0.6 is 0 Å². The van der Waals surface area contributed by atoms with Gasteiger partial charge < -0.3 is 10.3 Å². The molecule has 0 fully saturated rings. The van der Waals surface area contributed by atoms with E-state index >= 15 is 0 Å². The van der Waals surface area contributed by atoms with E-state index in [9.17, 15) is 9.59 Å². The highest BCUT2D eigenvalue weighted by Crippen LogP contribution is 2.21. The van der Waals surface area contributed by atoms with Crippen molar-refractivity contribution >= 4 is 22.5 Å². The Bertz CT molecular complexity index is 926. The molecule has 2 aromatic heterocycles. The Kier molecular flexibility index (Phi) is 3.92. The molecule has 0 bridgehead atoms. The molecule has 0 aliphatic carbocycles. The van der Waals surface area contributed by atoms with Crippen molar-refractivity contribution in [3.05, 3.63) is 52.1 Å². The lowest BCUT2D eigenvalue weighted by molar-refractivity contribution is 0.102. The number of aromatic amines is 1. The topological polar surface area (TPSA) is 92.7 Å². The van der Waals surface area contributed by atoms with Crippen molar-refractivity contribution in [2.24, 2.45) is 7.05 Å². The summed E-state index contributed by atoms with van der Waals surface area (Å²) in [6, 6.07) is 7.10. The van der Waals surface area contributed by atoms with Crippen molar-refractivity contribution in [2.45, 2.75) is 19.8 Å². The normalized spacial score (nSPS) is 10.9. The van der Waals surface area contributed by atoms with Gasteiger partial charge in [-0.2, -0.15) is 0 Å². The van der Waals surface area contributed by atoms with E-state index < -0.39 is 0 Å². The second kappa shape index (κ2) is 6.04. The van der Waals surface area contributed by atoms with Gasteiger partial charge in [-0.15, -0.1) is 5.10 Å². The van der Waals surface area contributed by atoms with Crippen LogP contribution in [0, 0.1) is 0 Å². The quantitative estimate of drug-likeness (QED) is 0.769. The van der Waals surface area contributed by atoms with Gasteiger partial charge in [-0.25, -0.2) is 0 Å². The molecule has 3 rings (SSSR count). The van der Waals surface area contributed by atoms with Crippen molar-refractivity contribution in [2.75, 3.05) is 5.32 Å². The predicted octanol–water partition coefficient (Wildman–Crippen LogP) is 1.86. The minimum absolute atomic E-state index is 0.140. The van der Waals surface area contributed by atoms with Crippen LogP contribution in [0.3, 0.4) is 0 Å². The third kappa shape index (κ3) is 3.13. The summed E-state index contributed by atoms with van der Waals surface area (Å²) in [5.41, 5.74) is 2.41. The monoisotopic (exact) mass is 311 g/mol. The zero-order valence-corrected chi connectivity index (χ0v) is 13.0. The number of rotatable bonds is 4. The number of hydrogen-bond donors (Lipinski definition) is 2. The van der Waals surface area contributed by atoms with Crippen LogP contribution in [0.4, 0.5) is 5.69 Å². The highest BCUT2D eigenvalue weighted by atomic mass is 16.2. The predicted molar refractivity (Wildman–Crippen MR) is 87.5 cm³/mol. The van der Waals surface area contributed by atoms with E-state index in [0.717, 1.165) is 23.8 Å². The molecule has 7 nitrogen and oxygen atoms in total. The van der Waals surface area contributed by atoms with Crippen molar-refractivity contribution in [3.8, 4) is 0 Å². The van der Waals surface area contributed by atoms with E-state index in [1.807, 2.05) is 12.1 Å². The summed E-state index contributed by atoms with van der Waals surface area (Å²) in [6.07, 6.45) is 3.34. The number of nitrogens with zero attached hydrogens (tertiary/aromatic N) is 3. The molecule has 0 radical (unpaired) electrons. The van der Waals surface area contributed by atoms with Gasteiger partial charge in [0.2, 0.25) is 5.56 Å². The van der Waals surface area contributed by atoms with Crippen molar-refractivity contribution < 1.29 is 4.79 Å². The molecule has 1 amide bonds. The lowest BCUT2D eigenvalue weighted by Crippen LogP contribution is -2.13. The molecule has 23 heavy (non-hydrogen) atoms. The van der Waals surface area contributed by atoms with E-state index in [4.69, 9.17) is 0 Å². The molecular formula is C16H17N5O2. The van der Waals surface area contributed by atoms with Gasteiger partial charge in [0, 0.05) is 24.2 Å². The van der Waals surface area contributed by atoms with Gasteiger partial charge >= 0.3 is 0 Å². The summed E-state index contributed by atoms with van der Waals surface area (Å²) in [5.74, 6) is -0.343. The highest BCUT2D eigenvalue weighted by Gasteiger charge is 2.11. The third-order valence-electron chi connectivity index (χ3n) is 3.54. The summed E-state index contributed by atoms with van der Waals surface area (Å²) in [4.78, 5) is 26.7. The van der Waals surface area contributed by atoms with Crippen molar-refractivity contribution in [1.82, 2.24) is 20.0 Å². The maximum absolute atomic E-state index is 12.1. The number of anilines is 1. The molecule has 0 aliphatic heterocycles. The minimum atomic E-state index is -0.343. The molecule has 0 atom stereocenters. The number of carbonyl (C=O) groups excluding carboxylic acids is 1. The Morgan fingerprint density at radius 2 is 2.17 bits per heavy atom. The number of H-pyrrole nitrogens is 1. The molecular weight excluding hydrogens is 294 g/mol. The summed E-state index contributed by atoms with van der Waals surface area (Å²) in [7, 11) is 1.69. The Hall–Kier alpha value is -2.96. The first kappa shape index (κ1) is 15.0. The second-order valence-electron chi connectivity index (χ2n) is 5.40. The lowest BCUT2D eigenvalue weighted by Gasteiger charge is -2.08. The first-order valence-corrected chi connectivity index (χ1v) is 7.40. The Labute approximate surface area is 132 Å². The number of carbonyl (C=O) groups is 1. The standard InChI is InChI=1S/C16H17N5O2/c1-3-4-10-7-15(22)18-13-8-11(5-6-12(10)13)17-16(23)14-9-21(2)20-19-14/h5-9H,3-4H2,1-2H3,(H,17,23)(H,18,22). The van der Waals surface area contributed by atoms with Gasteiger partial charge in [-0.05, 0) is 24.1 Å². The van der Waals surface area contributed by atoms with Crippen LogP contribution < -0.4 is 10.9 Å². The van der Waals surface area contributed by atoms with Crippen molar-refractivity contribution in [3.63, 3.8) is 0 Å². The van der Waals surface area contributed by atoms with Crippen molar-refractivity contribution in [1.29, 1.82) is 0 Å². The molecule has 0 saturated heterocycles. The largest absolute Gasteiger partial charge is 0.322 e. The molecule has 0 saturated carbocycles. The van der Waals surface area contributed by atoms with Gasteiger partial charge in [0.05, 0.1) is 11.7 Å². The fraction of sp³-hybridized carbons (Fsp3) is 0.250. The zero-order chi connectivity index (χ0) is 16.4. The Balaban J connectivity index is 1.94. The molecule has 0 aliphatic rings. The average molecular weight is 311 g/mol. The fourth-order valence-electron chi connectivity index (χ4n) is 2.53. The first-order valence-electron chi connectivity index (χ1n) is 7.40. The van der Waals surface area contributed by atoms with Crippen LogP contribution in [0.15, 0.2) is 35.3 Å². The maximum Gasteiger partial charge on any atom is 0.277 e. The number of nitrogens with one attached hydrogen (secondary N) is 2. The van der Waals surface area contributed by atoms with Gasteiger partial charge in [-0.1, -0.05) is 24.6 Å². The number of aromatic nitrogens is 4. The zero-order valence-electron chi connectivity index (χ0n) is 13.0. The molecule has 0 spiro atoms. The molecule has 118 valence electrons. The maximum atomic E-state index is 12.1. The number of aryl methyl sites for hydroxylation is 2. The molecule has 3 aromatic rings. The van der Waals surface area contributed by atoms with Crippen LogP contribution in [-0.2, 0) is 13.5 Å². The van der Waals surface area contributed by atoms with Gasteiger partial charge in [-0.3, -0.25) is 14.3 Å². The Morgan fingerprint density at radius 1 is 1.35 bits per heavy atom. The van der Waals surface area contributed by atoms with E-state index in [0.29, 0.717) is 11.2 Å². The number of pyridine rings is 1. The van der Waals surface area contributed by atoms with Crippen LogP contribution in [0.2, 0.25) is 0 Å². The third-order valence-corrected chi connectivity index (χ3v) is 3.54. The number of amides is 1. The average Bonchev–Trinajstić information content (AvgIpc) is 2.94. The van der Waals surface area contributed by atoms with Crippen LogP contribution in [0.1, 0.15) is 29.4 Å². The van der Waals surface area contributed by atoms with Gasteiger partial charge in [0.25, 0.3) is 5.91 Å². The molecule has 2 N–H and O–H groups in total. The SMILES string of the molecule is CCCc1cc(=O)[nH]c2cc(NC(=O)c3cn(C)nn3)ccc12. The van der Waals surface area contributed by atoms with Crippen LogP contribution in [-0.4, -0.2) is 25.9 Å². The van der Waals surface area contributed by atoms with Crippen LogP contribution in [0.5, 0.6) is 0 Å². The highest BCUT2D eigenvalue weighted by molar-refractivity contribution is 6.03. The van der Waals surface area contributed by atoms with Gasteiger partial charge in [0.15, 0.2) is 5.69 Å². The summed E-state index contributed by atoms with van der Waals surface area (Å²) < 4.78 is 1.46. The molecule has 2 heterocycles. The summed E-state index contributed by atoms with van der Waals surface area (Å²) in [5, 5.41) is 11.2. The van der Waals surface area contributed by atoms with Gasteiger partial charge in [0.1, 0.15) is 0 Å². The second-order valence-corrected chi connectivity index (χ2v) is 5.40. The summed E-state index contributed by atoms with van der Waals surface area (Å²) in [6.45, 7) is 2.07. The Morgan fingerprint density at radius 3 is 2.87 bits per heavy atom. The summed E-state index contributed by atoms with van der Waals surface area (Å²) >= 11 is 0. The smallest absolute Gasteiger partial charge is 0.277 e. The van der Waals surface area contributed by atoms with E-state index in [2.05, 4.69) is 27.5 Å². The first-order chi connectivity index (χ1) is 11.1. The fourth-order valence-corrected chi connectivity index (χ4v) is 2.53. The number of hydrogen-bond acceptors (Lipinski definition) is 4.